The van der Waals surface area contributed by atoms with Gasteiger partial charge in [-0.2, -0.15) is 0 Å². The van der Waals surface area contributed by atoms with Gasteiger partial charge in [0.2, 0.25) is 0 Å². The zero-order chi connectivity index (χ0) is 11.8. The fourth-order valence-electron chi connectivity index (χ4n) is 1.71. The van der Waals surface area contributed by atoms with Gasteiger partial charge < -0.3 is 9.64 Å². The van der Waals surface area contributed by atoms with Gasteiger partial charge in [0.15, 0.2) is 12.3 Å². The second-order valence-corrected chi connectivity index (χ2v) is 5.57. The van der Waals surface area contributed by atoms with Gasteiger partial charge in [-0.25, -0.2) is 4.79 Å². The Bertz CT molecular complexity index is 278. The van der Waals surface area contributed by atoms with E-state index in [1.54, 1.807) is 4.90 Å². The van der Waals surface area contributed by atoms with Gasteiger partial charge in [0.25, 0.3) is 0 Å². The number of fused-ring (bicyclic) bond motifs is 1. The topological polar surface area (TPSA) is 48.0 Å². The molecular formula is C10H17NO4S. The minimum atomic E-state index is -0.449. The third-order valence-electron chi connectivity index (χ3n) is 2.48. The summed E-state index contributed by atoms with van der Waals surface area (Å²) in [6, 6.07) is 0. The Morgan fingerprint density at radius 2 is 2.06 bits per heavy atom. The third-order valence-corrected chi connectivity index (χ3v) is 3.13. The van der Waals surface area contributed by atoms with Crippen LogP contribution in [-0.4, -0.2) is 41.9 Å². The van der Waals surface area contributed by atoms with Crippen molar-refractivity contribution in [2.75, 3.05) is 13.1 Å². The molecule has 0 spiro atoms. The number of likely N-dealkylation sites (tertiary alicyclic amines) is 1. The molecule has 92 valence electrons. The van der Waals surface area contributed by atoms with E-state index in [0.29, 0.717) is 13.1 Å². The lowest BCUT2D eigenvalue weighted by Gasteiger charge is -2.33. The molecule has 5 nitrogen and oxygen atoms in total. The first-order chi connectivity index (χ1) is 7.46. The lowest BCUT2D eigenvalue weighted by molar-refractivity contribution is -0.000719. The molecule has 2 fully saturated rings. The van der Waals surface area contributed by atoms with Crippen molar-refractivity contribution in [3.63, 3.8) is 0 Å². The summed E-state index contributed by atoms with van der Waals surface area (Å²) < 4.78 is 15.9. The zero-order valence-corrected chi connectivity index (χ0v) is 10.6. The molecule has 2 heterocycles. The molecule has 2 atom stereocenters. The first-order valence-corrected chi connectivity index (χ1v) is 6.09. The smallest absolute Gasteiger partial charge is 0.410 e. The maximum atomic E-state index is 11.8. The number of hydrogen-bond acceptors (Lipinski definition) is 5. The van der Waals surface area contributed by atoms with Crippen molar-refractivity contribution >= 4 is 18.4 Å². The fourth-order valence-corrected chi connectivity index (χ4v) is 2.37. The van der Waals surface area contributed by atoms with Gasteiger partial charge in [0.05, 0.1) is 6.54 Å². The van der Waals surface area contributed by atoms with Crippen LogP contribution in [-0.2, 0) is 13.1 Å². The lowest BCUT2D eigenvalue weighted by Crippen LogP contribution is -2.49. The Balaban J connectivity index is 1.89. The van der Waals surface area contributed by atoms with Crippen LogP contribution in [0.4, 0.5) is 4.79 Å². The molecular weight excluding hydrogens is 230 g/mol. The minimum absolute atomic E-state index is 0.0220. The number of carbonyl (C=O) groups excluding carboxylic acids is 1. The number of nitrogens with zero attached hydrogens (tertiary/aromatic N) is 1. The highest BCUT2D eigenvalue weighted by Crippen LogP contribution is 2.31. The molecule has 16 heavy (non-hydrogen) atoms. The first kappa shape index (κ1) is 12.0. The zero-order valence-electron chi connectivity index (χ0n) is 9.76. The monoisotopic (exact) mass is 247 g/mol. The molecule has 0 bridgehead atoms. The summed E-state index contributed by atoms with van der Waals surface area (Å²) in [6.07, 6.45) is 0.623. The van der Waals surface area contributed by atoms with Crippen LogP contribution in [0.15, 0.2) is 0 Å². The Hall–Kier alpha value is -0.460. The molecule has 2 saturated heterocycles. The van der Waals surface area contributed by atoms with Gasteiger partial charge in [0.1, 0.15) is 17.8 Å². The van der Waals surface area contributed by atoms with Crippen LogP contribution in [0.5, 0.6) is 0 Å². The van der Waals surface area contributed by atoms with Crippen LogP contribution in [0.1, 0.15) is 27.2 Å². The molecule has 2 rings (SSSR count). The van der Waals surface area contributed by atoms with Crippen molar-refractivity contribution in [1.82, 2.24) is 4.90 Å². The number of rotatable bonds is 0. The van der Waals surface area contributed by atoms with Crippen LogP contribution in [0.2, 0.25) is 0 Å². The summed E-state index contributed by atoms with van der Waals surface area (Å²) in [5, 5.41) is 0. The summed E-state index contributed by atoms with van der Waals surface area (Å²) in [5.41, 5.74) is -0.449. The summed E-state index contributed by atoms with van der Waals surface area (Å²) >= 11 is 1.03. The Kier molecular flexibility index (Phi) is 3.32. The largest absolute Gasteiger partial charge is 0.444 e. The number of piperidine rings is 1. The van der Waals surface area contributed by atoms with E-state index in [4.69, 9.17) is 13.1 Å². The van der Waals surface area contributed by atoms with Crippen LogP contribution in [0.3, 0.4) is 0 Å². The van der Waals surface area contributed by atoms with Gasteiger partial charge in [0, 0.05) is 6.54 Å². The van der Waals surface area contributed by atoms with Crippen molar-refractivity contribution in [1.29, 1.82) is 0 Å². The molecule has 2 unspecified atom stereocenters. The average molecular weight is 247 g/mol. The van der Waals surface area contributed by atoms with E-state index in [1.165, 1.54) is 0 Å². The predicted molar refractivity (Wildman–Crippen MR) is 59.8 cm³/mol. The predicted octanol–water partition coefficient (Wildman–Crippen LogP) is 1.97. The van der Waals surface area contributed by atoms with Crippen LogP contribution >= 0.6 is 12.3 Å². The summed E-state index contributed by atoms with van der Waals surface area (Å²) in [7, 11) is 0. The number of hydrogen-bond donors (Lipinski definition) is 0. The van der Waals surface area contributed by atoms with Gasteiger partial charge >= 0.3 is 6.09 Å². The molecule has 0 aromatic carbocycles. The van der Waals surface area contributed by atoms with E-state index in [0.717, 1.165) is 18.7 Å². The van der Waals surface area contributed by atoms with E-state index in [2.05, 4.69) is 0 Å². The third kappa shape index (κ3) is 2.81. The maximum Gasteiger partial charge on any atom is 0.410 e. The van der Waals surface area contributed by atoms with E-state index in [-0.39, 0.29) is 18.3 Å². The van der Waals surface area contributed by atoms with E-state index < -0.39 is 5.60 Å². The van der Waals surface area contributed by atoms with E-state index in [9.17, 15) is 4.79 Å². The Morgan fingerprint density at radius 3 is 2.75 bits per heavy atom. The van der Waals surface area contributed by atoms with Gasteiger partial charge in [-0.15, -0.1) is 0 Å². The van der Waals surface area contributed by atoms with Gasteiger partial charge in [-0.3, -0.25) is 8.37 Å². The van der Waals surface area contributed by atoms with E-state index >= 15 is 0 Å². The van der Waals surface area contributed by atoms with Crippen LogP contribution in [0.25, 0.3) is 0 Å². The first-order valence-electron chi connectivity index (χ1n) is 5.42. The summed E-state index contributed by atoms with van der Waals surface area (Å²) in [4.78, 5) is 13.5. The van der Waals surface area contributed by atoms with Crippen molar-refractivity contribution in [3.8, 4) is 0 Å². The van der Waals surface area contributed by atoms with Crippen molar-refractivity contribution < 1.29 is 17.9 Å². The van der Waals surface area contributed by atoms with Gasteiger partial charge in [-0.1, -0.05) is 0 Å². The highest BCUT2D eigenvalue weighted by molar-refractivity contribution is 7.90. The fraction of sp³-hybridized carbons (Fsp3) is 0.900. The highest BCUT2D eigenvalue weighted by atomic mass is 32.2. The average Bonchev–Trinajstić information content (AvgIpc) is 2.61. The van der Waals surface area contributed by atoms with Crippen LogP contribution in [0, 0.1) is 0 Å². The highest BCUT2D eigenvalue weighted by Gasteiger charge is 2.39. The molecule has 6 heteroatoms. The molecule has 1 amide bonds. The molecule has 0 radical (unpaired) electrons. The van der Waals surface area contributed by atoms with Crippen LogP contribution < -0.4 is 0 Å². The molecule has 0 aliphatic carbocycles. The summed E-state index contributed by atoms with van der Waals surface area (Å²) in [5.74, 6) is 0. The Labute approximate surface area is 99.8 Å². The van der Waals surface area contributed by atoms with E-state index in [1.807, 2.05) is 20.8 Å². The van der Waals surface area contributed by atoms with Crippen molar-refractivity contribution in [2.24, 2.45) is 0 Å². The lowest BCUT2D eigenvalue weighted by atomic mass is 10.1. The molecule has 0 aromatic rings. The SMILES string of the molecule is CC(C)(C)OC(=O)N1CCC2OSOC2C1. The second kappa shape index (κ2) is 4.43. The molecule has 2 aliphatic rings. The van der Waals surface area contributed by atoms with Crippen molar-refractivity contribution in [3.05, 3.63) is 0 Å². The number of amides is 1. The second-order valence-electron chi connectivity index (χ2n) is 5.05. The Morgan fingerprint density at radius 1 is 1.38 bits per heavy atom. The molecule has 0 saturated carbocycles. The molecule has 0 aromatic heterocycles. The number of ether oxygens (including phenoxy) is 1. The maximum absolute atomic E-state index is 11.8. The summed E-state index contributed by atoms with van der Waals surface area (Å²) in [6.45, 7) is 6.81. The molecule has 2 aliphatic heterocycles. The van der Waals surface area contributed by atoms with Gasteiger partial charge in [-0.05, 0) is 27.2 Å². The quantitative estimate of drug-likeness (QED) is 0.612. The number of carbonyl (C=O) groups is 1. The minimum Gasteiger partial charge on any atom is -0.444 e. The standard InChI is InChI=1S/C10H17NO4S/c1-10(2,3)13-9(12)11-5-4-7-8(6-11)15-16-14-7/h7-8H,4-6H2,1-3H3. The molecule has 0 N–H and O–H groups in total. The van der Waals surface area contributed by atoms with Crippen molar-refractivity contribution in [2.45, 2.75) is 45.0 Å². The normalized spacial score (nSPS) is 30.1.